The number of hydrogen-bond acceptors (Lipinski definition) is 5. The van der Waals surface area contributed by atoms with Crippen molar-refractivity contribution in [3.05, 3.63) is 36.1 Å². The van der Waals surface area contributed by atoms with Gasteiger partial charge in [-0.25, -0.2) is 9.37 Å². The second kappa shape index (κ2) is 8.13. The Labute approximate surface area is 153 Å². The Morgan fingerprint density at radius 3 is 2.65 bits per heavy atom. The number of nitrogens with one attached hydrogen (secondary N) is 1. The SMILES string of the molecule is C1CC1.COc1ccc(F)cc1-c1nn(SF)c2nc(NC=O)ccc12. The molecule has 0 bridgehead atoms. The number of fused-ring (bicyclic) bond motifs is 1. The van der Waals surface area contributed by atoms with Gasteiger partial charge in [0.15, 0.2) is 18.0 Å². The summed E-state index contributed by atoms with van der Waals surface area (Å²) in [4.78, 5) is 14.6. The number of amides is 1. The number of methoxy groups -OCH3 is 1. The van der Waals surface area contributed by atoms with Crippen LogP contribution in [0, 0.1) is 5.82 Å². The van der Waals surface area contributed by atoms with E-state index in [9.17, 15) is 13.1 Å². The lowest BCUT2D eigenvalue weighted by molar-refractivity contribution is -0.105. The second-order valence-corrected chi connectivity index (χ2v) is 6.01. The van der Waals surface area contributed by atoms with Crippen molar-refractivity contribution in [2.24, 2.45) is 0 Å². The van der Waals surface area contributed by atoms with E-state index in [-0.39, 0.29) is 23.8 Å². The van der Waals surface area contributed by atoms with Crippen LogP contribution in [0.15, 0.2) is 30.3 Å². The maximum Gasteiger partial charge on any atom is 0.212 e. The summed E-state index contributed by atoms with van der Waals surface area (Å²) in [7, 11) is 1.45. The number of nitrogens with zero attached hydrogens (tertiary/aromatic N) is 3. The molecule has 0 unspecified atom stereocenters. The molecule has 1 aromatic carbocycles. The number of carbonyl (C=O) groups excluding carboxylic acids is 1. The molecule has 0 radical (unpaired) electrons. The first kappa shape index (κ1) is 18.1. The Bertz CT molecular complexity index is 928. The Balaban J connectivity index is 0.000000592. The minimum atomic E-state index is -0.469. The number of carbonyl (C=O) groups is 1. The molecule has 0 spiro atoms. The summed E-state index contributed by atoms with van der Waals surface area (Å²) in [6, 6.07) is 7.14. The van der Waals surface area contributed by atoms with Crippen molar-refractivity contribution >= 4 is 35.6 Å². The van der Waals surface area contributed by atoms with Gasteiger partial charge in [-0.15, -0.1) is 3.89 Å². The molecule has 1 aliphatic carbocycles. The molecule has 1 aliphatic rings. The average molecular weight is 378 g/mol. The molecule has 136 valence electrons. The smallest absolute Gasteiger partial charge is 0.212 e. The number of anilines is 1. The van der Waals surface area contributed by atoms with E-state index in [0.717, 1.165) is 4.09 Å². The van der Waals surface area contributed by atoms with Gasteiger partial charge in [0.1, 0.15) is 23.1 Å². The molecular weight excluding hydrogens is 362 g/mol. The molecule has 6 nitrogen and oxygen atoms in total. The lowest BCUT2D eigenvalue weighted by Gasteiger charge is -2.06. The first-order valence-electron chi connectivity index (χ1n) is 7.91. The molecule has 1 amide bonds. The van der Waals surface area contributed by atoms with E-state index in [4.69, 9.17) is 4.74 Å². The van der Waals surface area contributed by atoms with Gasteiger partial charge in [-0.05, 0) is 30.3 Å². The van der Waals surface area contributed by atoms with E-state index in [1.807, 2.05) is 0 Å². The molecule has 3 aromatic rings. The number of halogens is 2. The van der Waals surface area contributed by atoms with Gasteiger partial charge < -0.3 is 10.1 Å². The van der Waals surface area contributed by atoms with E-state index in [0.29, 0.717) is 28.8 Å². The van der Waals surface area contributed by atoms with Crippen molar-refractivity contribution in [2.75, 3.05) is 12.4 Å². The third-order valence-corrected chi connectivity index (χ3v) is 3.93. The summed E-state index contributed by atoms with van der Waals surface area (Å²) in [5.74, 6) is 0.181. The topological polar surface area (TPSA) is 69.0 Å². The Morgan fingerprint density at radius 2 is 2.04 bits per heavy atom. The van der Waals surface area contributed by atoms with Gasteiger partial charge in [-0.2, -0.15) is 9.19 Å². The zero-order valence-electron chi connectivity index (χ0n) is 13.9. The molecule has 0 aliphatic heterocycles. The van der Waals surface area contributed by atoms with Crippen LogP contribution in [0.2, 0.25) is 0 Å². The summed E-state index contributed by atoms with van der Waals surface area (Å²) in [5.41, 5.74) is 0.903. The van der Waals surface area contributed by atoms with E-state index in [1.165, 1.54) is 44.6 Å². The molecule has 9 heteroatoms. The minimum Gasteiger partial charge on any atom is -0.496 e. The third-order valence-electron chi connectivity index (χ3n) is 3.54. The predicted octanol–water partition coefficient (Wildman–Crippen LogP) is 4.37. The first-order chi connectivity index (χ1) is 12.7. The Kier molecular flexibility index (Phi) is 5.67. The summed E-state index contributed by atoms with van der Waals surface area (Å²) in [6.45, 7) is 0. The van der Waals surface area contributed by atoms with Crippen LogP contribution >= 0.6 is 12.3 Å². The van der Waals surface area contributed by atoms with Gasteiger partial charge in [0.25, 0.3) is 0 Å². The lowest BCUT2D eigenvalue weighted by Crippen LogP contribution is -1.97. The summed E-state index contributed by atoms with van der Waals surface area (Å²) in [5, 5.41) is 6.99. The van der Waals surface area contributed by atoms with Crippen molar-refractivity contribution in [2.45, 2.75) is 19.3 Å². The van der Waals surface area contributed by atoms with Gasteiger partial charge in [0.2, 0.25) is 6.41 Å². The summed E-state index contributed by atoms with van der Waals surface area (Å²) >= 11 is -0.149. The van der Waals surface area contributed by atoms with Gasteiger partial charge in [0.05, 0.1) is 7.11 Å². The van der Waals surface area contributed by atoms with Crippen molar-refractivity contribution in [1.82, 2.24) is 14.2 Å². The molecule has 2 heterocycles. The molecule has 2 aromatic heterocycles. The van der Waals surface area contributed by atoms with Crippen LogP contribution in [-0.2, 0) is 4.79 Å². The molecule has 26 heavy (non-hydrogen) atoms. The number of ether oxygens (including phenoxy) is 1. The summed E-state index contributed by atoms with van der Waals surface area (Å²) in [6.07, 6.45) is 4.97. The standard InChI is InChI=1S/C14H10F2N4O2S.C3H6/c1-22-11-4-2-8(15)6-10(11)13-9-3-5-12(17-7-21)18-14(9)20(19-13)23-16;1-2-3-1/h2-7H,1H3,(H,17,18,21);1-3H2. The minimum absolute atomic E-state index is 0.149. The lowest BCUT2D eigenvalue weighted by atomic mass is 10.1. The van der Waals surface area contributed by atoms with Gasteiger partial charge >= 0.3 is 0 Å². The van der Waals surface area contributed by atoms with E-state index in [2.05, 4.69) is 15.4 Å². The highest BCUT2D eigenvalue weighted by molar-refractivity contribution is 7.92. The van der Waals surface area contributed by atoms with Crippen molar-refractivity contribution in [1.29, 1.82) is 0 Å². The fourth-order valence-electron chi connectivity index (χ4n) is 2.22. The molecule has 1 fully saturated rings. The highest BCUT2D eigenvalue weighted by Gasteiger charge is 2.18. The van der Waals surface area contributed by atoms with E-state index < -0.39 is 5.82 Å². The molecule has 0 atom stereocenters. The molecule has 1 N–H and O–H groups in total. The van der Waals surface area contributed by atoms with Crippen molar-refractivity contribution < 1.29 is 17.8 Å². The summed E-state index contributed by atoms with van der Waals surface area (Å²) < 4.78 is 32.9. The fourth-order valence-corrected chi connectivity index (χ4v) is 2.54. The number of pyridine rings is 1. The van der Waals surface area contributed by atoms with Crippen LogP contribution in [0.4, 0.5) is 14.1 Å². The predicted molar refractivity (Wildman–Crippen MR) is 97.1 cm³/mol. The zero-order valence-corrected chi connectivity index (χ0v) is 14.7. The molecular formula is C17H16F2N4O2S. The monoisotopic (exact) mass is 378 g/mol. The molecule has 1 saturated carbocycles. The average Bonchev–Trinajstić information content (AvgIpc) is 3.49. The van der Waals surface area contributed by atoms with Gasteiger partial charge in [0, 0.05) is 10.9 Å². The Hall–Kier alpha value is -2.68. The Morgan fingerprint density at radius 1 is 1.27 bits per heavy atom. The molecule has 4 rings (SSSR count). The number of aromatic nitrogens is 3. The highest BCUT2D eigenvalue weighted by Crippen LogP contribution is 2.36. The van der Waals surface area contributed by atoms with Crippen LogP contribution < -0.4 is 10.1 Å². The van der Waals surface area contributed by atoms with E-state index in [1.54, 1.807) is 12.1 Å². The van der Waals surface area contributed by atoms with Crippen LogP contribution in [-0.4, -0.2) is 27.7 Å². The largest absolute Gasteiger partial charge is 0.496 e. The maximum absolute atomic E-state index is 13.6. The van der Waals surface area contributed by atoms with Gasteiger partial charge in [-0.3, -0.25) is 4.79 Å². The fraction of sp³-hybridized carbons (Fsp3) is 0.235. The zero-order chi connectivity index (χ0) is 18.5. The second-order valence-electron chi connectivity index (χ2n) is 5.53. The number of benzene rings is 1. The van der Waals surface area contributed by atoms with Gasteiger partial charge in [-0.1, -0.05) is 19.3 Å². The van der Waals surface area contributed by atoms with Crippen molar-refractivity contribution in [3.63, 3.8) is 0 Å². The molecule has 0 saturated heterocycles. The highest BCUT2D eigenvalue weighted by atomic mass is 32.2. The maximum atomic E-state index is 13.6. The normalized spacial score (nSPS) is 12.3. The van der Waals surface area contributed by atoms with Crippen LogP contribution in [0.5, 0.6) is 5.75 Å². The van der Waals surface area contributed by atoms with E-state index >= 15 is 0 Å². The van der Waals surface area contributed by atoms with Crippen molar-refractivity contribution in [3.8, 4) is 17.0 Å². The third kappa shape index (κ3) is 3.93. The first-order valence-corrected chi connectivity index (χ1v) is 8.58. The van der Waals surface area contributed by atoms with Crippen LogP contribution in [0.25, 0.3) is 22.3 Å². The number of rotatable bonds is 5. The van der Waals surface area contributed by atoms with Crippen LogP contribution in [0.3, 0.4) is 0 Å². The quantitative estimate of drug-likeness (QED) is 0.668. The number of hydrogen-bond donors (Lipinski definition) is 1. The van der Waals surface area contributed by atoms with Crippen LogP contribution in [0.1, 0.15) is 19.3 Å².